The number of rotatable bonds is 7. The molecular formula is C14H22N4O4. The standard InChI is InChI=1S/C14H22N4O4/c1-9(2)5-10(16-13(21)22)12(20)17-11-6-18(8-15-11)14(3,4)7-19/h6-10,16H,5H2,1-4H3,(H,17,20)(H,21,22). The molecule has 1 aromatic heterocycles. The summed E-state index contributed by atoms with van der Waals surface area (Å²) in [5.41, 5.74) is -0.771. The van der Waals surface area contributed by atoms with Crippen molar-refractivity contribution in [3.05, 3.63) is 12.5 Å². The van der Waals surface area contributed by atoms with Crippen LogP contribution in [-0.2, 0) is 15.1 Å². The summed E-state index contributed by atoms with van der Waals surface area (Å²) in [4.78, 5) is 37.9. The van der Waals surface area contributed by atoms with Gasteiger partial charge in [-0.2, -0.15) is 0 Å². The van der Waals surface area contributed by atoms with Crippen LogP contribution in [0.1, 0.15) is 34.1 Å². The molecule has 1 heterocycles. The van der Waals surface area contributed by atoms with Gasteiger partial charge in [0.2, 0.25) is 5.91 Å². The van der Waals surface area contributed by atoms with E-state index in [9.17, 15) is 14.4 Å². The zero-order chi connectivity index (χ0) is 16.9. The summed E-state index contributed by atoms with van der Waals surface area (Å²) in [5.74, 6) is -0.0692. The number of nitrogens with zero attached hydrogens (tertiary/aromatic N) is 2. The Bertz CT molecular complexity index is 551. The number of nitrogens with one attached hydrogen (secondary N) is 2. The Morgan fingerprint density at radius 3 is 2.59 bits per heavy atom. The molecule has 0 aliphatic heterocycles. The molecule has 0 spiro atoms. The largest absolute Gasteiger partial charge is 0.465 e. The molecule has 3 N–H and O–H groups in total. The molecule has 1 aromatic rings. The molecule has 8 heteroatoms. The summed E-state index contributed by atoms with van der Waals surface area (Å²) >= 11 is 0. The third-order valence-electron chi connectivity index (χ3n) is 3.11. The monoisotopic (exact) mass is 310 g/mol. The predicted molar refractivity (Wildman–Crippen MR) is 80.6 cm³/mol. The van der Waals surface area contributed by atoms with Gasteiger partial charge in [-0.25, -0.2) is 9.78 Å². The highest BCUT2D eigenvalue weighted by atomic mass is 16.4. The fourth-order valence-electron chi connectivity index (χ4n) is 1.83. The van der Waals surface area contributed by atoms with Crippen molar-refractivity contribution in [2.75, 3.05) is 5.32 Å². The molecule has 0 aliphatic carbocycles. The third-order valence-corrected chi connectivity index (χ3v) is 3.11. The van der Waals surface area contributed by atoms with Gasteiger partial charge in [0.25, 0.3) is 0 Å². The van der Waals surface area contributed by atoms with E-state index in [2.05, 4.69) is 15.6 Å². The second-order valence-electron chi connectivity index (χ2n) is 6.06. The molecule has 0 aliphatic rings. The van der Waals surface area contributed by atoms with Crippen molar-refractivity contribution in [2.24, 2.45) is 5.92 Å². The SMILES string of the molecule is CC(C)CC(NC(=O)O)C(=O)Nc1cn(C(C)(C)C=O)cn1. The van der Waals surface area contributed by atoms with E-state index in [4.69, 9.17) is 5.11 Å². The molecule has 0 fully saturated rings. The number of carbonyl (C=O) groups is 3. The average Bonchev–Trinajstić information content (AvgIpc) is 2.86. The molecule has 0 saturated carbocycles. The minimum Gasteiger partial charge on any atom is -0.465 e. The van der Waals surface area contributed by atoms with Gasteiger partial charge < -0.3 is 25.1 Å². The first kappa shape index (κ1) is 17.7. The molecule has 2 amide bonds. The number of hydrogen-bond donors (Lipinski definition) is 3. The van der Waals surface area contributed by atoms with Gasteiger partial charge in [0, 0.05) is 6.20 Å². The summed E-state index contributed by atoms with van der Waals surface area (Å²) in [6, 6.07) is -0.860. The van der Waals surface area contributed by atoms with Crippen molar-refractivity contribution < 1.29 is 19.5 Å². The average molecular weight is 310 g/mol. The van der Waals surface area contributed by atoms with Crippen LogP contribution in [0.15, 0.2) is 12.5 Å². The van der Waals surface area contributed by atoms with E-state index in [-0.39, 0.29) is 11.7 Å². The first-order chi connectivity index (χ1) is 10.2. The Morgan fingerprint density at radius 1 is 1.45 bits per heavy atom. The molecule has 22 heavy (non-hydrogen) atoms. The van der Waals surface area contributed by atoms with Crippen LogP contribution in [0.4, 0.5) is 10.6 Å². The number of aromatic nitrogens is 2. The predicted octanol–water partition coefficient (Wildman–Crippen LogP) is 1.44. The Kier molecular flexibility index (Phi) is 5.67. The summed E-state index contributed by atoms with van der Waals surface area (Å²) in [5, 5.41) is 13.6. The molecule has 0 saturated heterocycles. The van der Waals surface area contributed by atoms with Crippen molar-refractivity contribution in [2.45, 2.75) is 45.7 Å². The molecule has 122 valence electrons. The Balaban J connectivity index is 2.81. The van der Waals surface area contributed by atoms with Gasteiger partial charge in [0.05, 0.1) is 11.9 Å². The van der Waals surface area contributed by atoms with Gasteiger partial charge in [0.15, 0.2) is 5.82 Å². The maximum absolute atomic E-state index is 12.2. The highest BCUT2D eigenvalue weighted by Gasteiger charge is 2.24. The second-order valence-corrected chi connectivity index (χ2v) is 6.06. The quantitative estimate of drug-likeness (QED) is 0.659. The van der Waals surface area contributed by atoms with Gasteiger partial charge in [-0.1, -0.05) is 13.8 Å². The van der Waals surface area contributed by atoms with Gasteiger partial charge in [-0.05, 0) is 26.2 Å². The molecule has 0 aromatic carbocycles. The van der Waals surface area contributed by atoms with Crippen LogP contribution < -0.4 is 10.6 Å². The second kappa shape index (κ2) is 7.06. The van der Waals surface area contributed by atoms with Crippen LogP contribution in [0.3, 0.4) is 0 Å². The van der Waals surface area contributed by atoms with E-state index < -0.39 is 23.6 Å². The first-order valence-electron chi connectivity index (χ1n) is 6.97. The van der Waals surface area contributed by atoms with E-state index >= 15 is 0 Å². The summed E-state index contributed by atoms with van der Waals surface area (Å²) < 4.78 is 1.57. The Hall–Kier alpha value is -2.38. The van der Waals surface area contributed by atoms with Crippen LogP contribution >= 0.6 is 0 Å². The first-order valence-corrected chi connectivity index (χ1v) is 6.97. The van der Waals surface area contributed by atoms with Crippen molar-refractivity contribution in [1.29, 1.82) is 0 Å². The van der Waals surface area contributed by atoms with Crippen LogP contribution in [0.2, 0.25) is 0 Å². The van der Waals surface area contributed by atoms with Crippen molar-refractivity contribution in [1.82, 2.24) is 14.9 Å². The lowest BCUT2D eigenvalue weighted by Gasteiger charge is -2.19. The van der Waals surface area contributed by atoms with Gasteiger partial charge in [-0.3, -0.25) is 4.79 Å². The van der Waals surface area contributed by atoms with E-state index in [0.29, 0.717) is 6.42 Å². The Labute approximate surface area is 128 Å². The highest BCUT2D eigenvalue weighted by Crippen LogP contribution is 2.15. The summed E-state index contributed by atoms with van der Waals surface area (Å²) in [7, 11) is 0. The topological polar surface area (TPSA) is 113 Å². The van der Waals surface area contributed by atoms with Crippen LogP contribution in [0.5, 0.6) is 0 Å². The molecule has 0 bridgehead atoms. The lowest BCUT2D eigenvalue weighted by Crippen LogP contribution is -2.44. The van der Waals surface area contributed by atoms with E-state index in [1.807, 2.05) is 13.8 Å². The van der Waals surface area contributed by atoms with Crippen molar-refractivity contribution >= 4 is 24.1 Å². The number of anilines is 1. The minimum absolute atomic E-state index is 0.147. The number of amides is 2. The number of imidazole rings is 1. The fourth-order valence-corrected chi connectivity index (χ4v) is 1.83. The summed E-state index contributed by atoms with van der Waals surface area (Å²) in [6.45, 7) is 7.21. The van der Waals surface area contributed by atoms with Crippen LogP contribution in [0, 0.1) is 5.92 Å². The number of hydrogen-bond acceptors (Lipinski definition) is 4. The molecule has 1 atom stereocenters. The van der Waals surface area contributed by atoms with E-state index in [0.717, 1.165) is 6.29 Å². The molecule has 8 nitrogen and oxygen atoms in total. The Morgan fingerprint density at radius 2 is 2.09 bits per heavy atom. The van der Waals surface area contributed by atoms with Gasteiger partial charge >= 0.3 is 6.09 Å². The smallest absolute Gasteiger partial charge is 0.405 e. The third kappa shape index (κ3) is 4.87. The maximum Gasteiger partial charge on any atom is 0.405 e. The fraction of sp³-hybridized carbons (Fsp3) is 0.571. The number of carboxylic acid groups (broad SMARTS) is 1. The lowest BCUT2D eigenvalue weighted by atomic mass is 10.0. The number of aldehydes is 1. The van der Waals surface area contributed by atoms with E-state index in [1.165, 1.54) is 12.5 Å². The molecular weight excluding hydrogens is 288 g/mol. The van der Waals surface area contributed by atoms with Gasteiger partial charge in [-0.15, -0.1) is 0 Å². The zero-order valence-corrected chi connectivity index (χ0v) is 13.2. The number of carbonyl (C=O) groups excluding carboxylic acids is 2. The van der Waals surface area contributed by atoms with Crippen molar-refractivity contribution in [3.63, 3.8) is 0 Å². The lowest BCUT2D eigenvalue weighted by molar-refractivity contribution is -0.118. The maximum atomic E-state index is 12.2. The van der Waals surface area contributed by atoms with Gasteiger partial charge in [0.1, 0.15) is 12.3 Å². The van der Waals surface area contributed by atoms with Crippen LogP contribution in [-0.4, -0.2) is 39.0 Å². The minimum atomic E-state index is -1.26. The summed E-state index contributed by atoms with van der Waals surface area (Å²) in [6.07, 6.45) is 2.85. The van der Waals surface area contributed by atoms with Crippen LogP contribution in [0.25, 0.3) is 0 Å². The molecule has 1 rings (SSSR count). The normalized spacial score (nSPS) is 12.8. The van der Waals surface area contributed by atoms with Crippen molar-refractivity contribution in [3.8, 4) is 0 Å². The molecule has 0 radical (unpaired) electrons. The van der Waals surface area contributed by atoms with E-state index in [1.54, 1.807) is 18.4 Å². The zero-order valence-electron chi connectivity index (χ0n) is 13.2. The highest BCUT2D eigenvalue weighted by molar-refractivity contribution is 5.95. The molecule has 1 unspecified atom stereocenters.